The van der Waals surface area contributed by atoms with Crippen LogP contribution in [0.2, 0.25) is 5.02 Å². The molecule has 7 nitrogen and oxygen atoms in total. The van der Waals surface area contributed by atoms with E-state index in [9.17, 15) is 9.90 Å². The highest BCUT2D eigenvalue weighted by molar-refractivity contribution is 6.30. The maximum absolute atomic E-state index is 12.3. The van der Waals surface area contributed by atoms with Crippen LogP contribution in [0.4, 0.5) is 0 Å². The van der Waals surface area contributed by atoms with Crippen LogP contribution in [0.1, 0.15) is 27.9 Å². The lowest BCUT2D eigenvalue weighted by atomic mass is 10.1. The van der Waals surface area contributed by atoms with Crippen LogP contribution in [-0.4, -0.2) is 27.8 Å². The molecule has 0 saturated carbocycles. The molecule has 3 aromatic rings. The summed E-state index contributed by atoms with van der Waals surface area (Å²) in [7, 11) is 0. The summed E-state index contributed by atoms with van der Waals surface area (Å²) >= 11 is 5.83. The van der Waals surface area contributed by atoms with Crippen molar-refractivity contribution in [2.75, 3.05) is 6.61 Å². The van der Waals surface area contributed by atoms with Gasteiger partial charge in [-0.15, -0.1) is 0 Å². The number of amides is 1. The van der Waals surface area contributed by atoms with Crippen LogP contribution in [0.3, 0.4) is 0 Å². The van der Waals surface area contributed by atoms with Crippen molar-refractivity contribution in [1.82, 2.24) is 15.5 Å². The Morgan fingerprint density at radius 1 is 1.27 bits per heavy atom. The van der Waals surface area contributed by atoms with E-state index >= 15 is 0 Å². The van der Waals surface area contributed by atoms with Crippen molar-refractivity contribution in [3.63, 3.8) is 0 Å². The predicted molar refractivity (Wildman–Crippen MR) is 93.8 cm³/mol. The second kappa shape index (κ2) is 8.46. The third-order valence-electron chi connectivity index (χ3n) is 3.54. The number of aromatic nitrogens is 2. The molecule has 0 unspecified atom stereocenters. The lowest BCUT2D eigenvalue weighted by molar-refractivity contribution is 0.0906. The molecular formula is C18H16ClN3O4. The molecule has 1 atom stereocenters. The summed E-state index contributed by atoms with van der Waals surface area (Å²) in [5.41, 5.74) is 0.894. The summed E-state index contributed by atoms with van der Waals surface area (Å²) in [6.45, 7) is -0.157. The number of aliphatic hydroxyl groups excluding tert-OH is 1. The number of hydrogen-bond acceptors (Lipinski definition) is 6. The molecule has 26 heavy (non-hydrogen) atoms. The number of ether oxygens (including phenoxy) is 1. The molecule has 0 bridgehead atoms. The topological polar surface area (TPSA) is 97.5 Å². The number of carbonyl (C=O) groups excluding carboxylic acids is 1. The van der Waals surface area contributed by atoms with Gasteiger partial charge in [0.1, 0.15) is 12.4 Å². The normalized spacial score (nSPS) is 11.8. The van der Waals surface area contributed by atoms with Crippen molar-refractivity contribution in [3.05, 3.63) is 76.9 Å². The van der Waals surface area contributed by atoms with Gasteiger partial charge >= 0.3 is 0 Å². The van der Waals surface area contributed by atoms with Gasteiger partial charge in [0.25, 0.3) is 5.91 Å². The van der Waals surface area contributed by atoms with Crippen LogP contribution in [-0.2, 0) is 6.61 Å². The summed E-state index contributed by atoms with van der Waals surface area (Å²) in [4.78, 5) is 16.2. The third kappa shape index (κ3) is 4.59. The first-order chi connectivity index (χ1) is 12.7. The molecule has 0 fully saturated rings. The van der Waals surface area contributed by atoms with Crippen LogP contribution in [0.25, 0.3) is 0 Å². The molecule has 2 N–H and O–H groups in total. The van der Waals surface area contributed by atoms with E-state index in [-0.39, 0.29) is 18.9 Å². The largest absolute Gasteiger partial charge is 0.484 e. The van der Waals surface area contributed by atoms with Crippen molar-refractivity contribution in [2.45, 2.75) is 12.6 Å². The summed E-state index contributed by atoms with van der Waals surface area (Å²) in [5, 5.41) is 16.4. The molecular weight excluding hydrogens is 358 g/mol. The zero-order chi connectivity index (χ0) is 18.4. The number of carbonyl (C=O) groups is 1. The van der Waals surface area contributed by atoms with Crippen molar-refractivity contribution in [3.8, 4) is 5.75 Å². The predicted octanol–water partition coefficient (Wildman–Crippen LogP) is 2.77. The zero-order valence-electron chi connectivity index (χ0n) is 13.6. The number of pyridine rings is 1. The molecule has 1 aromatic carbocycles. The second-order valence-corrected chi connectivity index (χ2v) is 5.86. The first-order valence-corrected chi connectivity index (χ1v) is 8.19. The van der Waals surface area contributed by atoms with Crippen LogP contribution < -0.4 is 10.1 Å². The number of benzene rings is 1. The standard InChI is InChI=1S/C18H16ClN3O4/c19-13-6-14(9-20-8-13)25-11-15-7-16(22-26-15)18(24)21-17(10-23)12-4-2-1-3-5-12/h1-9,17,23H,10-11H2,(H,21,24)/t17-/m1/s1. The van der Waals surface area contributed by atoms with Crippen LogP contribution >= 0.6 is 11.6 Å². The Hall–Kier alpha value is -2.90. The molecule has 0 aliphatic carbocycles. The molecule has 0 aliphatic rings. The molecule has 8 heteroatoms. The van der Waals surface area contributed by atoms with Gasteiger partial charge in [0, 0.05) is 18.3 Å². The Morgan fingerprint density at radius 3 is 2.81 bits per heavy atom. The average molecular weight is 374 g/mol. The molecule has 2 heterocycles. The van der Waals surface area contributed by atoms with E-state index in [0.29, 0.717) is 16.5 Å². The molecule has 2 aromatic heterocycles. The smallest absolute Gasteiger partial charge is 0.274 e. The molecule has 0 radical (unpaired) electrons. The van der Waals surface area contributed by atoms with E-state index < -0.39 is 11.9 Å². The number of nitrogens with zero attached hydrogens (tertiary/aromatic N) is 2. The van der Waals surface area contributed by atoms with Gasteiger partial charge < -0.3 is 19.7 Å². The van der Waals surface area contributed by atoms with Gasteiger partial charge in [-0.3, -0.25) is 9.78 Å². The van der Waals surface area contributed by atoms with E-state index in [0.717, 1.165) is 5.56 Å². The Bertz CT molecular complexity index is 870. The zero-order valence-corrected chi connectivity index (χ0v) is 14.4. The Labute approximate surface area is 154 Å². The van der Waals surface area contributed by atoms with Gasteiger partial charge in [-0.2, -0.15) is 0 Å². The molecule has 134 valence electrons. The fraction of sp³-hybridized carbons (Fsp3) is 0.167. The minimum absolute atomic E-state index is 0.0738. The maximum atomic E-state index is 12.3. The van der Waals surface area contributed by atoms with Crippen molar-refractivity contribution >= 4 is 17.5 Å². The quantitative estimate of drug-likeness (QED) is 0.661. The lowest BCUT2D eigenvalue weighted by Gasteiger charge is -2.15. The third-order valence-corrected chi connectivity index (χ3v) is 3.75. The van der Waals surface area contributed by atoms with E-state index in [4.69, 9.17) is 20.9 Å². The average Bonchev–Trinajstić information content (AvgIpc) is 3.14. The SMILES string of the molecule is O=C(N[C@H](CO)c1ccccc1)c1cc(COc2cncc(Cl)c2)on1. The summed E-state index contributed by atoms with van der Waals surface area (Å²) in [6.07, 6.45) is 3.01. The molecule has 0 aliphatic heterocycles. The van der Waals surface area contributed by atoms with E-state index in [1.807, 2.05) is 30.3 Å². The van der Waals surface area contributed by atoms with Gasteiger partial charge in [0.15, 0.2) is 11.5 Å². The summed E-state index contributed by atoms with van der Waals surface area (Å²) in [5.74, 6) is 0.395. The molecule has 0 spiro atoms. The number of rotatable bonds is 7. The minimum Gasteiger partial charge on any atom is -0.484 e. The lowest BCUT2D eigenvalue weighted by Crippen LogP contribution is -2.30. The van der Waals surface area contributed by atoms with Gasteiger partial charge in [-0.25, -0.2) is 0 Å². The van der Waals surface area contributed by atoms with Gasteiger partial charge in [-0.05, 0) is 5.56 Å². The number of aliphatic hydroxyl groups is 1. The van der Waals surface area contributed by atoms with Gasteiger partial charge in [0.2, 0.25) is 0 Å². The first kappa shape index (κ1) is 17.9. The van der Waals surface area contributed by atoms with Gasteiger partial charge in [0.05, 0.1) is 23.9 Å². The monoisotopic (exact) mass is 373 g/mol. The highest BCUT2D eigenvalue weighted by atomic mass is 35.5. The first-order valence-electron chi connectivity index (χ1n) is 7.81. The fourth-order valence-electron chi connectivity index (χ4n) is 2.27. The van der Waals surface area contributed by atoms with Crippen molar-refractivity contribution < 1.29 is 19.2 Å². The van der Waals surface area contributed by atoms with E-state index in [2.05, 4.69) is 15.5 Å². The second-order valence-electron chi connectivity index (χ2n) is 5.43. The number of hydrogen-bond donors (Lipinski definition) is 2. The number of nitrogens with one attached hydrogen (secondary N) is 1. The van der Waals surface area contributed by atoms with Crippen molar-refractivity contribution in [1.29, 1.82) is 0 Å². The highest BCUT2D eigenvalue weighted by Crippen LogP contribution is 2.17. The molecule has 3 rings (SSSR count). The van der Waals surface area contributed by atoms with Crippen LogP contribution in [0.15, 0.2) is 59.4 Å². The maximum Gasteiger partial charge on any atom is 0.274 e. The van der Waals surface area contributed by atoms with Crippen molar-refractivity contribution in [2.24, 2.45) is 0 Å². The van der Waals surface area contributed by atoms with Crippen LogP contribution in [0.5, 0.6) is 5.75 Å². The molecule has 0 saturated heterocycles. The summed E-state index contributed by atoms with van der Waals surface area (Å²) in [6, 6.07) is 11.7. The minimum atomic E-state index is -0.530. The Morgan fingerprint density at radius 2 is 2.08 bits per heavy atom. The van der Waals surface area contributed by atoms with Gasteiger partial charge in [-0.1, -0.05) is 47.1 Å². The Balaban J connectivity index is 1.60. The highest BCUT2D eigenvalue weighted by Gasteiger charge is 2.18. The molecule has 1 amide bonds. The van der Waals surface area contributed by atoms with Crippen LogP contribution in [0, 0.1) is 0 Å². The number of halogens is 1. The van der Waals surface area contributed by atoms with E-state index in [1.165, 1.54) is 18.5 Å². The fourth-order valence-corrected chi connectivity index (χ4v) is 2.43. The Kier molecular flexibility index (Phi) is 5.83. The van der Waals surface area contributed by atoms with E-state index in [1.54, 1.807) is 6.07 Å². The summed E-state index contributed by atoms with van der Waals surface area (Å²) < 4.78 is 10.6.